The van der Waals surface area contributed by atoms with Gasteiger partial charge in [-0.05, 0) is 49.7 Å². The van der Waals surface area contributed by atoms with Crippen LogP contribution in [0.4, 0.5) is 17.1 Å². The number of nitrogens with two attached hydrogens (primary N) is 1. The minimum absolute atomic E-state index is 0.00984. The largest absolute Gasteiger partial charge is 0.487 e. The van der Waals surface area contributed by atoms with Gasteiger partial charge in [-0.25, -0.2) is 0 Å². The molecule has 0 radical (unpaired) electrons. The molecule has 0 saturated heterocycles. The fourth-order valence-corrected chi connectivity index (χ4v) is 3.06. The lowest BCUT2D eigenvalue weighted by atomic mass is 10.1. The summed E-state index contributed by atoms with van der Waals surface area (Å²) in [5.41, 5.74) is 9.04. The van der Waals surface area contributed by atoms with Crippen LogP contribution < -0.4 is 20.7 Å². The van der Waals surface area contributed by atoms with Crippen molar-refractivity contribution in [3.63, 3.8) is 0 Å². The summed E-state index contributed by atoms with van der Waals surface area (Å²) in [7, 11) is 0. The number of rotatable bonds is 3. The molecule has 0 fully saturated rings. The van der Waals surface area contributed by atoms with Crippen LogP contribution in [0.2, 0.25) is 5.02 Å². The maximum absolute atomic E-state index is 12.4. The molecule has 0 aromatic heterocycles. The molecular weight excluding hydrogens is 326 g/mol. The molecule has 2 aromatic carbocycles. The zero-order valence-electron chi connectivity index (χ0n) is 13.7. The van der Waals surface area contributed by atoms with Crippen molar-refractivity contribution in [2.75, 3.05) is 29.0 Å². The summed E-state index contributed by atoms with van der Waals surface area (Å²) in [6.07, 6.45) is -0.00984. The molecule has 2 aromatic rings. The summed E-state index contributed by atoms with van der Waals surface area (Å²) in [6.45, 7) is 4.77. The number of carbonyl (C=O) groups is 1. The first-order valence-electron chi connectivity index (χ1n) is 7.79. The Morgan fingerprint density at radius 2 is 2.17 bits per heavy atom. The van der Waals surface area contributed by atoms with Crippen molar-refractivity contribution >= 4 is 34.6 Å². The van der Waals surface area contributed by atoms with Gasteiger partial charge in [0.2, 0.25) is 5.91 Å². The molecule has 1 unspecified atom stereocenters. The first kappa shape index (κ1) is 16.5. The molecule has 24 heavy (non-hydrogen) atoms. The van der Waals surface area contributed by atoms with Crippen LogP contribution >= 0.6 is 11.6 Å². The van der Waals surface area contributed by atoms with Crippen molar-refractivity contribution in [2.24, 2.45) is 0 Å². The number of fused-ring (bicyclic) bond motifs is 1. The lowest BCUT2D eigenvalue weighted by molar-refractivity contribution is -0.115. The highest BCUT2D eigenvalue weighted by Gasteiger charge is 2.24. The van der Waals surface area contributed by atoms with Gasteiger partial charge >= 0.3 is 0 Å². The lowest BCUT2D eigenvalue weighted by Crippen LogP contribution is -2.42. The van der Waals surface area contributed by atoms with Crippen LogP contribution in [0.5, 0.6) is 5.75 Å². The molecule has 5 nitrogen and oxygen atoms in total. The Bertz CT molecular complexity index is 779. The Morgan fingerprint density at radius 3 is 2.92 bits per heavy atom. The SMILES string of the molecule is Cc1cc(Cl)ccc1NC(=O)CN1CC(C)Oc2cc(N)ccc21. The number of carbonyl (C=O) groups excluding carboxylic acids is 1. The normalized spacial score (nSPS) is 16.3. The van der Waals surface area contributed by atoms with Crippen LogP contribution in [0.25, 0.3) is 0 Å². The van der Waals surface area contributed by atoms with Crippen molar-refractivity contribution in [3.05, 3.63) is 47.0 Å². The molecule has 1 aliphatic rings. The summed E-state index contributed by atoms with van der Waals surface area (Å²) in [5, 5.41) is 3.59. The van der Waals surface area contributed by atoms with Gasteiger partial charge in [-0.1, -0.05) is 11.6 Å². The van der Waals surface area contributed by atoms with Crippen molar-refractivity contribution in [3.8, 4) is 5.75 Å². The molecule has 0 spiro atoms. The second-order valence-corrected chi connectivity index (χ2v) is 6.48. The molecule has 0 bridgehead atoms. The average Bonchev–Trinajstić information content (AvgIpc) is 2.49. The average molecular weight is 346 g/mol. The third kappa shape index (κ3) is 3.57. The molecule has 1 amide bonds. The van der Waals surface area contributed by atoms with Gasteiger partial charge in [0.1, 0.15) is 11.9 Å². The third-order valence-corrected chi connectivity index (χ3v) is 4.16. The predicted molar refractivity (Wildman–Crippen MR) is 98.0 cm³/mol. The number of amides is 1. The monoisotopic (exact) mass is 345 g/mol. The number of benzene rings is 2. The van der Waals surface area contributed by atoms with Gasteiger partial charge in [-0.2, -0.15) is 0 Å². The summed E-state index contributed by atoms with van der Waals surface area (Å²) in [4.78, 5) is 14.5. The van der Waals surface area contributed by atoms with E-state index in [2.05, 4.69) is 5.32 Å². The summed E-state index contributed by atoms with van der Waals surface area (Å²) in [5.74, 6) is 0.626. The first-order chi connectivity index (χ1) is 11.4. The van der Waals surface area contributed by atoms with Gasteiger partial charge in [0.25, 0.3) is 0 Å². The fourth-order valence-electron chi connectivity index (χ4n) is 2.83. The Kier molecular flexibility index (Phi) is 4.53. The molecule has 6 heteroatoms. The number of hydrogen-bond donors (Lipinski definition) is 2. The van der Waals surface area contributed by atoms with Gasteiger partial charge in [0.15, 0.2) is 0 Å². The predicted octanol–water partition coefficient (Wildman–Crippen LogP) is 3.46. The molecule has 0 saturated carbocycles. The van der Waals surface area contributed by atoms with Crippen molar-refractivity contribution in [1.82, 2.24) is 0 Å². The van der Waals surface area contributed by atoms with Crippen LogP contribution in [0.1, 0.15) is 12.5 Å². The Morgan fingerprint density at radius 1 is 1.38 bits per heavy atom. The highest BCUT2D eigenvalue weighted by molar-refractivity contribution is 6.30. The van der Waals surface area contributed by atoms with Gasteiger partial charge in [-0.3, -0.25) is 4.79 Å². The van der Waals surface area contributed by atoms with E-state index in [1.807, 2.05) is 43.0 Å². The minimum atomic E-state index is -0.0858. The van der Waals surface area contributed by atoms with Crippen LogP contribution in [-0.2, 0) is 4.79 Å². The van der Waals surface area contributed by atoms with E-state index in [-0.39, 0.29) is 18.6 Å². The van der Waals surface area contributed by atoms with Crippen LogP contribution in [0.3, 0.4) is 0 Å². The zero-order valence-corrected chi connectivity index (χ0v) is 14.4. The summed E-state index contributed by atoms with van der Waals surface area (Å²) >= 11 is 5.95. The van der Waals surface area contributed by atoms with Crippen molar-refractivity contribution in [2.45, 2.75) is 20.0 Å². The highest BCUT2D eigenvalue weighted by atomic mass is 35.5. The number of nitrogen functional groups attached to an aromatic ring is 1. The van der Waals surface area contributed by atoms with E-state index in [0.717, 1.165) is 16.9 Å². The smallest absolute Gasteiger partial charge is 0.243 e. The molecule has 0 aliphatic carbocycles. The number of ether oxygens (including phenoxy) is 1. The minimum Gasteiger partial charge on any atom is -0.487 e. The van der Waals surface area contributed by atoms with Crippen LogP contribution in [0, 0.1) is 6.92 Å². The Balaban J connectivity index is 1.75. The summed E-state index contributed by atoms with van der Waals surface area (Å²) < 4.78 is 5.81. The molecule has 3 N–H and O–H groups in total. The van der Waals surface area contributed by atoms with E-state index >= 15 is 0 Å². The first-order valence-corrected chi connectivity index (χ1v) is 8.17. The molecule has 1 heterocycles. The van der Waals surface area contributed by atoms with Crippen molar-refractivity contribution in [1.29, 1.82) is 0 Å². The number of halogens is 1. The molecule has 3 rings (SSSR count). The van der Waals surface area contributed by atoms with E-state index in [1.165, 1.54) is 0 Å². The van der Waals surface area contributed by atoms with Crippen LogP contribution in [-0.4, -0.2) is 25.1 Å². The second kappa shape index (κ2) is 6.61. The highest BCUT2D eigenvalue weighted by Crippen LogP contribution is 2.34. The van der Waals surface area contributed by atoms with E-state index in [1.54, 1.807) is 12.1 Å². The van der Waals surface area contributed by atoms with Gasteiger partial charge in [-0.15, -0.1) is 0 Å². The summed E-state index contributed by atoms with van der Waals surface area (Å²) in [6, 6.07) is 10.9. The van der Waals surface area contributed by atoms with Gasteiger partial charge < -0.3 is 20.7 Å². The number of anilines is 3. The number of nitrogens with one attached hydrogen (secondary N) is 1. The fraction of sp³-hybridized carbons (Fsp3) is 0.278. The van der Waals surface area contributed by atoms with Crippen molar-refractivity contribution < 1.29 is 9.53 Å². The number of hydrogen-bond acceptors (Lipinski definition) is 4. The quantitative estimate of drug-likeness (QED) is 0.836. The second-order valence-electron chi connectivity index (χ2n) is 6.04. The number of nitrogens with zero attached hydrogens (tertiary/aromatic N) is 1. The molecule has 1 atom stereocenters. The topological polar surface area (TPSA) is 67.6 Å². The number of aryl methyl sites for hydroxylation is 1. The maximum atomic E-state index is 12.4. The van der Waals surface area contributed by atoms with E-state index in [4.69, 9.17) is 22.1 Å². The molecule has 1 aliphatic heterocycles. The molecule has 126 valence electrons. The maximum Gasteiger partial charge on any atom is 0.243 e. The molecular formula is C18H20ClN3O2. The van der Waals surface area contributed by atoms with E-state index in [9.17, 15) is 4.79 Å². The Hall–Kier alpha value is -2.40. The van der Waals surface area contributed by atoms with E-state index < -0.39 is 0 Å². The third-order valence-electron chi connectivity index (χ3n) is 3.93. The van der Waals surface area contributed by atoms with Gasteiger partial charge in [0, 0.05) is 22.5 Å². The zero-order chi connectivity index (χ0) is 17.3. The van der Waals surface area contributed by atoms with Gasteiger partial charge in [0.05, 0.1) is 18.8 Å². The van der Waals surface area contributed by atoms with E-state index in [0.29, 0.717) is 23.0 Å². The Labute approximate surface area is 146 Å². The van der Waals surface area contributed by atoms with Crippen LogP contribution in [0.15, 0.2) is 36.4 Å². The lowest BCUT2D eigenvalue weighted by Gasteiger charge is -2.34. The standard InChI is InChI=1S/C18H20ClN3O2/c1-11-7-13(19)3-5-15(11)21-18(23)10-22-9-12(2)24-17-8-14(20)4-6-16(17)22/h3-8,12H,9-10,20H2,1-2H3,(H,21,23).